The lowest BCUT2D eigenvalue weighted by Gasteiger charge is -2.46. The third-order valence-corrected chi connectivity index (χ3v) is 6.75. The Kier molecular flexibility index (Phi) is 7.12. The van der Waals surface area contributed by atoms with Crippen molar-refractivity contribution >= 4 is 17.6 Å². The van der Waals surface area contributed by atoms with Gasteiger partial charge in [-0.3, -0.25) is 9.69 Å². The van der Waals surface area contributed by atoms with Crippen molar-refractivity contribution in [3.8, 4) is 6.07 Å². The van der Waals surface area contributed by atoms with Gasteiger partial charge in [0.2, 0.25) is 5.91 Å². The highest BCUT2D eigenvalue weighted by Gasteiger charge is 2.44. The van der Waals surface area contributed by atoms with Crippen LogP contribution in [0.25, 0.3) is 0 Å². The van der Waals surface area contributed by atoms with Crippen molar-refractivity contribution in [3.05, 3.63) is 88.1 Å². The first kappa shape index (κ1) is 26.0. The number of anilines is 1. The number of nitrogens with zero attached hydrogens (tertiary/aromatic N) is 4. The molecule has 37 heavy (non-hydrogen) atoms. The first-order valence-electron chi connectivity index (χ1n) is 11.9. The SMILES string of the molecule is CC=C1CCCC2=C1[C@H](c1ccc(C#N)cc1)N(CC(=O)N(C)C)C(=O)N2c1cccc(C(F)(F)F)c1. The van der Waals surface area contributed by atoms with E-state index in [0.717, 1.165) is 41.7 Å². The van der Waals surface area contributed by atoms with E-state index in [-0.39, 0.29) is 18.1 Å². The topological polar surface area (TPSA) is 67.6 Å². The maximum absolute atomic E-state index is 14.1. The zero-order chi connectivity index (χ0) is 26.9. The summed E-state index contributed by atoms with van der Waals surface area (Å²) in [6.45, 7) is 1.63. The van der Waals surface area contributed by atoms with Crippen LogP contribution in [0.5, 0.6) is 0 Å². The number of nitriles is 1. The van der Waals surface area contributed by atoms with Gasteiger partial charge in [0, 0.05) is 25.4 Å². The number of likely N-dealkylation sites (N-methyl/N-ethyl adjacent to an activating group) is 1. The number of carbonyl (C=O) groups excluding carboxylic acids is 2. The molecule has 0 bridgehead atoms. The van der Waals surface area contributed by atoms with Crippen molar-refractivity contribution in [2.75, 3.05) is 25.5 Å². The standard InChI is InChI=1S/C28H27F3N4O2/c1-4-19-7-5-10-23-25(19)26(20-13-11-18(16-32)12-14-20)34(17-24(36)33(2)3)27(37)35(23)22-9-6-8-21(15-22)28(29,30)31/h4,6,8-9,11-15,26H,5,7,10,17H2,1-3H3/t26-/m0/s1. The minimum atomic E-state index is -4.57. The molecule has 0 aromatic heterocycles. The fourth-order valence-corrected chi connectivity index (χ4v) is 4.90. The Hall–Kier alpha value is -4.06. The normalized spacial score (nSPS) is 19.1. The molecular weight excluding hydrogens is 481 g/mol. The highest BCUT2D eigenvalue weighted by Crippen LogP contribution is 2.47. The quantitative estimate of drug-likeness (QED) is 0.506. The van der Waals surface area contributed by atoms with E-state index in [1.165, 1.54) is 26.8 Å². The first-order chi connectivity index (χ1) is 17.6. The smallest absolute Gasteiger partial charge is 0.347 e. The fourth-order valence-electron chi connectivity index (χ4n) is 4.90. The van der Waals surface area contributed by atoms with Gasteiger partial charge in [0.05, 0.1) is 28.9 Å². The van der Waals surface area contributed by atoms with Crippen molar-refractivity contribution < 1.29 is 22.8 Å². The Labute approximate surface area is 213 Å². The highest BCUT2D eigenvalue weighted by atomic mass is 19.4. The van der Waals surface area contributed by atoms with Crippen molar-refractivity contribution in [2.24, 2.45) is 0 Å². The van der Waals surface area contributed by atoms with Crippen LogP contribution >= 0.6 is 0 Å². The van der Waals surface area contributed by atoms with Crippen LogP contribution in [0.1, 0.15) is 48.9 Å². The predicted molar refractivity (Wildman–Crippen MR) is 133 cm³/mol. The van der Waals surface area contributed by atoms with E-state index < -0.39 is 23.8 Å². The number of hydrogen-bond donors (Lipinski definition) is 0. The van der Waals surface area contributed by atoms with Crippen LogP contribution in [0.2, 0.25) is 0 Å². The summed E-state index contributed by atoms with van der Waals surface area (Å²) >= 11 is 0. The van der Waals surface area contributed by atoms with Gasteiger partial charge in [-0.05, 0) is 67.7 Å². The molecule has 1 atom stereocenters. The molecule has 6 nitrogen and oxygen atoms in total. The van der Waals surface area contributed by atoms with Gasteiger partial charge >= 0.3 is 12.2 Å². The summed E-state index contributed by atoms with van der Waals surface area (Å²) in [4.78, 5) is 31.1. The number of hydrogen-bond acceptors (Lipinski definition) is 3. The van der Waals surface area contributed by atoms with E-state index in [9.17, 15) is 28.0 Å². The van der Waals surface area contributed by atoms with Gasteiger partial charge in [-0.1, -0.05) is 24.3 Å². The number of allylic oxidation sites excluding steroid dienone is 2. The van der Waals surface area contributed by atoms with Gasteiger partial charge < -0.3 is 9.80 Å². The Bertz CT molecular complexity index is 1320. The fraction of sp³-hybridized carbons (Fsp3) is 0.321. The summed E-state index contributed by atoms with van der Waals surface area (Å²) in [5.74, 6) is -0.321. The van der Waals surface area contributed by atoms with Gasteiger partial charge in [-0.15, -0.1) is 0 Å². The van der Waals surface area contributed by atoms with Crippen LogP contribution in [-0.2, 0) is 11.0 Å². The Morgan fingerprint density at radius 1 is 1.16 bits per heavy atom. The van der Waals surface area contributed by atoms with E-state index in [4.69, 9.17) is 0 Å². The van der Waals surface area contributed by atoms with E-state index in [0.29, 0.717) is 17.7 Å². The number of rotatable bonds is 4. The molecular formula is C28H27F3N4O2. The Balaban J connectivity index is 1.97. The molecule has 1 aliphatic heterocycles. The molecule has 2 aromatic rings. The second-order valence-corrected chi connectivity index (χ2v) is 9.25. The minimum Gasteiger partial charge on any atom is -0.347 e. The molecule has 9 heteroatoms. The number of amides is 3. The second-order valence-electron chi connectivity index (χ2n) is 9.25. The number of alkyl halides is 3. The van der Waals surface area contributed by atoms with Crippen LogP contribution in [0, 0.1) is 11.3 Å². The van der Waals surface area contributed by atoms with E-state index in [1.807, 2.05) is 13.0 Å². The lowest BCUT2D eigenvalue weighted by molar-refractivity contribution is -0.137. The molecule has 2 aliphatic rings. The summed E-state index contributed by atoms with van der Waals surface area (Å²) in [5, 5.41) is 9.25. The molecule has 0 saturated carbocycles. The second kappa shape index (κ2) is 10.1. The van der Waals surface area contributed by atoms with Crippen LogP contribution < -0.4 is 4.90 Å². The van der Waals surface area contributed by atoms with Gasteiger partial charge in [-0.25, -0.2) is 4.79 Å². The van der Waals surface area contributed by atoms with E-state index >= 15 is 0 Å². The molecule has 0 fully saturated rings. The van der Waals surface area contributed by atoms with Crippen LogP contribution in [0.15, 0.2) is 71.5 Å². The summed E-state index contributed by atoms with van der Waals surface area (Å²) in [7, 11) is 3.17. The van der Waals surface area contributed by atoms with E-state index in [2.05, 4.69) is 6.07 Å². The highest BCUT2D eigenvalue weighted by molar-refractivity contribution is 6.00. The van der Waals surface area contributed by atoms with Crippen molar-refractivity contribution in [1.82, 2.24) is 9.80 Å². The van der Waals surface area contributed by atoms with Crippen LogP contribution in [-0.4, -0.2) is 42.4 Å². The van der Waals surface area contributed by atoms with Crippen molar-refractivity contribution in [2.45, 2.75) is 38.4 Å². The number of urea groups is 1. The lowest BCUT2D eigenvalue weighted by Crippen LogP contribution is -2.53. The first-order valence-corrected chi connectivity index (χ1v) is 11.9. The molecule has 4 rings (SSSR count). The zero-order valence-electron chi connectivity index (χ0n) is 20.8. The predicted octanol–water partition coefficient (Wildman–Crippen LogP) is 6.03. The van der Waals surface area contributed by atoms with Gasteiger partial charge in [0.1, 0.15) is 6.54 Å². The molecule has 2 aromatic carbocycles. The number of halogens is 3. The van der Waals surface area contributed by atoms with Crippen LogP contribution in [0.3, 0.4) is 0 Å². The third kappa shape index (κ3) is 4.96. The Morgan fingerprint density at radius 2 is 1.86 bits per heavy atom. The van der Waals surface area contributed by atoms with E-state index in [1.54, 1.807) is 38.4 Å². The number of benzene rings is 2. The molecule has 1 heterocycles. The van der Waals surface area contributed by atoms with Gasteiger partial charge in [-0.2, -0.15) is 18.4 Å². The zero-order valence-corrected chi connectivity index (χ0v) is 20.8. The maximum Gasteiger partial charge on any atom is 0.416 e. The maximum atomic E-state index is 14.1. The molecule has 0 radical (unpaired) electrons. The summed E-state index contributed by atoms with van der Waals surface area (Å²) in [5.41, 5.74) is 2.83. The molecule has 0 spiro atoms. The average molecular weight is 509 g/mol. The monoisotopic (exact) mass is 508 g/mol. The average Bonchev–Trinajstić information content (AvgIpc) is 2.88. The molecule has 192 valence electrons. The Morgan fingerprint density at radius 3 is 2.46 bits per heavy atom. The van der Waals surface area contributed by atoms with Crippen LogP contribution in [0.4, 0.5) is 23.7 Å². The van der Waals surface area contributed by atoms with Gasteiger partial charge in [0.15, 0.2) is 0 Å². The summed E-state index contributed by atoms with van der Waals surface area (Å²) < 4.78 is 40.7. The van der Waals surface area contributed by atoms with Crippen molar-refractivity contribution in [3.63, 3.8) is 0 Å². The molecule has 3 amide bonds. The third-order valence-electron chi connectivity index (χ3n) is 6.75. The molecule has 0 saturated heterocycles. The van der Waals surface area contributed by atoms with Gasteiger partial charge in [0.25, 0.3) is 0 Å². The summed E-state index contributed by atoms with van der Waals surface area (Å²) in [6.07, 6.45) is -0.646. The molecule has 0 unspecified atom stereocenters. The number of carbonyl (C=O) groups is 2. The minimum absolute atomic E-state index is 0.102. The summed E-state index contributed by atoms with van der Waals surface area (Å²) in [6, 6.07) is 12.4. The molecule has 1 aliphatic carbocycles. The molecule has 0 N–H and O–H groups in total. The largest absolute Gasteiger partial charge is 0.416 e. The van der Waals surface area contributed by atoms with Crippen molar-refractivity contribution in [1.29, 1.82) is 5.26 Å². The lowest BCUT2D eigenvalue weighted by atomic mass is 9.80.